The maximum atomic E-state index is 12.0. The van der Waals surface area contributed by atoms with E-state index in [1.54, 1.807) is 0 Å². The second kappa shape index (κ2) is 6.20. The Bertz CT molecular complexity index is 440. The molecule has 3 nitrogen and oxygen atoms in total. The second-order valence-electron chi connectivity index (χ2n) is 5.60. The molecule has 104 valence electrons. The number of likely N-dealkylation sites (N-methyl/N-ethyl adjacent to an activating group) is 1. The first kappa shape index (κ1) is 14.1. The quantitative estimate of drug-likeness (QED) is 0.853. The molecular formula is C16H24N2O. The van der Waals surface area contributed by atoms with E-state index in [9.17, 15) is 4.79 Å². The molecule has 0 spiro atoms. The summed E-state index contributed by atoms with van der Waals surface area (Å²) in [6.07, 6.45) is 3.61. The number of hydrogen-bond acceptors (Lipinski definition) is 2. The summed E-state index contributed by atoms with van der Waals surface area (Å²) in [5.74, 6) is 0.865. The topological polar surface area (TPSA) is 32.3 Å². The van der Waals surface area contributed by atoms with Crippen LogP contribution in [0.3, 0.4) is 0 Å². The van der Waals surface area contributed by atoms with Crippen molar-refractivity contribution < 1.29 is 4.79 Å². The molecular weight excluding hydrogens is 236 g/mol. The van der Waals surface area contributed by atoms with E-state index >= 15 is 0 Å². The van der Waals surface area contributed by atoms with Crippen molar-refractivity contribution in [1.29, 1.82) is 0 Å². The van der Waals surface area contributed by atoms with Crippen molar-refractivity contribution in [1.82, 2.24) is 4.90 Å². The summed E-state index contributed by atoms with van der Waals surface area (Å²) in [6.45, 7) is 4.79. The van der Waals surface area contributed by atoms with E-state index in [0.29, 0.717) is 12.6 Å². The van der Waals surface area contributed by atoms with Gasteiger partial charge in [-0.15, -0.1) is 0 Å². The van der Waals surface area contributed by atoms with Gasteiger partial charge in [0.2, 0.25) is 5.91 Å². The minimum Gasteiger partial charge on any atom is -0.325 e. The van der Waals surface area contributed by atoms with Crippen molar-refractivity contribution in [2.75, 3.05) is 18.9 Å². The first-order valence-electron chi connectivity index (χ1n) is 7.19. The molecule has 0 radical (unpaired) electrons. The smallest absolute Gasteiger partial charge is 0.238 e. The van der Waals surface area contributed by atoms with Crippen LogP contribution in [-0.4, -0.2) is 30.4 Å². The standard InChI is InChI=1S/C16H24N2O/c1-4-13-6-5-7-15(10-13)17-16(19)11-18(3)12(2)14-8-9-14/h5-7,10,12,14H,4,8-9,11H2,1-3H3,(H,17,19). The fraction of sp³-hybridized carbons (Fsp3) is 0.562. The molecule has 1 atom stereocenters. The Labute approximate surface area is 116 Å². The molecule has 1 fully saturated rings. The normalized spacial score (nSPS) is 16.4. The number of rotatable bonds is 6. The molecule has 1 amide bonds. The molecule has 2 rings (SSSR count). The average molecular weight is 260 g/mol. The van der Waals surface area contributed by atoms with Gasteiger partial charge in [0.05, 0.1) is 6.54 Å². The van der Waals surface area contributed by atoms with Crippen LogP contribution in [0.1, 0.15) is 32.3 Å². The third-order valence-corrected chi connectivity index (χ3v) is 4.01. The summed E-state index contributed by atoms with van der Waals surface area (Å²) in [4.78, 5) is 14.2. The highest BCUT2D eigenvalue weighted by atomic mass is 16.2. The third kappa shape index (κ3) is 4.06. The predicted molar refractivity (Wildman–Crippen MR) is 79.3 cm³/mol. The number of amides is 1. The third-order valence-electron chi connectivity index (χ3n) is 4.01. The van der Waals surface area contributed by atoms with Crippen LogP contribution in [0, 0.1) is 5.92 Å². The van der Waals surface area contributed by atoms with Crippen molar-refractivity contribution in [2.45, 2.75) is 39.2 Å². The molecule has 1 aromatic rings. The lowest BCUT2D eigenvalue weighted by Crippen LogP contribution is -2.37. The number of nitrogens with one attached hydrogen (secondary N) is 1. The zero-order valence-electron chi connectivity index (χ0n) is 12.1. The molecule has 1 saturated carbocycles. The molecule has 0 aromatic heterocycles. The van der Waals surface area contributed by atoms with Gasteiger partial charge in [-0.2, -0.15) is 0 Å². The molecule has 0 aliphatic heterocycles. The molecule has 1 unspecified atom stereocenters. The number of benzene rings is 1. The van der Waals surface area contributed by atoms with Gasteiger partial charge in [0, 0.05) is 11.7 Å². The van der Waals surface area contributed by atoms with Gasteiger partial charge in [0.15, 0.2) is 0 Å². The van der Waals surface area contributed by atoms with Crippen molar-refractivity contribution >= 4 is 11.6 Å². The van der Waals surface area contributed by atoms with Crippen LogP contribution in [0.2, 0.25) is 0 Å². The van der Waals surface area contributed by atoms with Crippen LogP contribution in [0.15, 0.2) is 24.3 Å². The molecule has 1 aromatic carbocycles. The van der Waals surface area contributed by atoms with Gasteiger partial charge in [0.25, 0.3) is 0 Å². The Hall–Kier alpha value is -1.35. The first-order valence-corrected chi connectivity index (χ1v) is 7.19. The lowest BCUT2D eigenvalue weighted by atomic mass is 10.1. The SMILES string of the molecule is CCc1cccc(NC(=O)CN(C)C(C)C2CC2)c1. The molecule has 0 heterocycles. The number of hydrogen-bond donors (Lipinski definition) is 1. The van der Waals surface area contributed by atoms with E-state index in [4.69, 9.17) is 0 Å². The van der Waals surface area contributed by atoms with E-state index < -0.39 is 0 Å². The van der Waals surface area contributed by atoms with Crippen LogP contribution in [0.25, 0.3) is 0 Å². The molecule has 1 aliphatic rings. The molecule has 0 bridgehead atoms. The maximum absolute atomic E-state index is 12.0. The highest BCUT2D eigenvalue weighted by Gasteiger charge is 2.30. The van der Waals surface area contributed by atoms with Crippen LogP contribution < -0.4 is 5.32 Å². The van der Waals surface area contributed by atoms with E-state index in [-0.39, 0.29) is 5.91 Å². The van der Waals surface area contributed by atoms with E-state index in [1.165, 1.54) is 18.4 Å². The number of carbonyl (C=O) groups is 1. The summed E-state index contributed by atoms with van der Waals surface area (Å²) in [5.41, 5.74) is 2.15. The molecule has 19 heavy (non-hydrogen) atoms. The van der Waals surface area contributed by atoms with Crippen LogP contribution in [0.4, 0.5) is 5.69 Å². The lowest BCUT2D eigenvalue weighted by Gasteiger charge is -2.23. The Kier molecular flexibility index (Phi) is 4.59. The number of anilines is 1. The Morgan fingerprint density at radius 2 is 2.21 bits per heavy atom. The maximum Gasteiger partial charge on any atom is 0.238 e. The number of nitrogens with zero attached hydrogens (tertiary/aromatic N) is 1. The molecule has 0 saturated heterocycles. The monoisotopic (exact) mass is 260 g/mol. The fourth-order valence-electron chi connectivity index (χ4n) is 2.38. The zero-order chi connectivity index (χ0) is 13.8. The summed E-state index contributed by atoms with van der Waals surface area (Å²) in [5, 5.41) is 2.98. The van der Waals surface area contributed by atoms with Gasteiger partial charge in [-0.05, 0) is 56.8 Å². The minimum absolute atomic E-state index is 0.0725. The van der Waals surface area contributed by atoms with Gasteiger partial charge < -0.3 is 5.32 Å². The van der Waals surface area contributed by atoms with Crippen molar-refractivity contribution in [3.8, 4) is 0 Å². The fourth-order valence-corrected chi connectivity index (χ4v) is 2.38. The van der Waals surface area contributed by atoms with Crippen molar-refractivity contribution in [3.63, 3.8) is 0 Å². The second-order valence-corrected chi connectivity index (χ2v) is 5.60. The Morgan fingerprint density at radius 1 is 1.47 bits per heavy atom. The Morgan fingerprint density at radius 3 is 2.84 bits per heavy atom. The summed E-state index contributed by atoms with van der Waals surface area (Å²) >= 11 is 0. The molecule has 1 N–H and O–H groups in total. The van der Waals surface area contributed by atoms with E-state index in [0.717, 1.165) is 18.0 Å². The van der Waals surface area contributed by atoms with Crippen molar-refractivity contribution in [3.05, 3.63) is 29.8 Å². The number of carbonyl (C=O) groups excluding carboxylic acids is 1. The van der Waals surface area contributed by atoms with Crippen molar-refractivity contribution in [2.24, 2.45) is 5.92 Å². The highest BCUT2D eigenvalue weighted by Crippen LogP contribution is 2.34. The van der Waals surface area contributed by atoms with Gasteiger partial charge in [-0.3, -0.25) is 9.69 Å². The van der Waals surface area contributed by atoms with Gasteiger partial charge in [-0.25, -0.2) is 0 Å². The minimum atomic E-state index is 0.0725. The van der Waals surface area contributed by atoms with Gasteiger partial charge in [0.1, 0.15) is 0 Å². The van der Waals surface area contributed by atoms with E-state index in [2.05, 4.69) is 30.1 Å². The molecule has 3 heteroatoms. The number of aryl methyl sites for hydroxylation is 1. The van der Waals surface area contributed by atoms with E-state index in [1.807, 2.05) is 25.2 Å². The van der Waals surface area contributed by atoms with Crippen LogP contribution >= 0.6 is 0 Å². The average Bonchev–Trinajstić information content (AvgIpc) is 3.22. The van der Waals surface area contributed by atoms with Crippen LogP contribution in [0.5, 0.6) is 0 Å². The summed E-state index contributed by atoms with van der Waals surface area (Å²) < 4.78 is 0. The van der Waals surface area contributed by atoms with Gasteiger partial charge >= 0.3 is 0 Å². The zero-order valence-corrected chi connectivity index (χ0v) is 12.1. The largest absolute Gasteiger partial charge is 0.325 e. The predicted octanol–water partition coefficient (Wildman–Crippen LogP) is 2.92. The molecule has 1 aliphatic carbocycles. The highest BCUT2D eigenvalue weighted by molar-refractivity contribution is 5.92. The first-order chi connectivity index (χ1) is 9.10. The Balaban J connectivity index is 1.85. The summed E-state index contributed by atoms with van der Waals surface area (Å²) in [6, 6.07) is 8.57. The van der Waals surface area contributed by atoms with Crippen LogP contribution in [-0.2, 0) is 11.2 Å². The summed E-state index contributed by atoms with van der Waals surface area (Å²) in [7, 11) is 2.03. The lowest BCUT2D eigenvalue weighted by molar-refractivity contribution is -0.117. The van der Waals surface area contributed by atoms with Gasteiger partial charge in [-0.1, -0.05) is 19.1 Å².